The molecule has 0 radical (unpaired) electrons. The maximum Gasteiger partial charge on any atom is 0.109 e. The summed E-state index contributed by atoms with van der Waals surface area (Å²) in [6.45, 7) is 0. The quantitative estimate of drug-likeness (QED) is 0.719. The summed E-state index contributed by atoms with van der Waals surface area (Å²) < 4.78 is 0. The molecule has 1 aromatic rings. The molecule has 1 aromatic carbocycles. The van der Waals surface area contributed by atoms with Gasteiger partial charge >= 0.3 is 0 Å². The number of rotatable bonds is 0. The van der Waals surface area contributed by atoms with Gasteiger partial charge in [-0.1, -0.05) is 41.4 Å². The smallest absolute Gasteiger partial charge is 0.109 e. The van der Waals surface area contributed by atoms with Gasteiger partial charge in [0.1, 0.15) is 12.2 Å². The fourth-order valence-electron chi connectivity index (χ4n) is 1.49. The van der Waals surface area contributed by atoms with Gasteiger partial charge in [0, 0.05) is 5.56 Å². The van der Waals surface area contributed by atoms with Crippen molar-refractivity contribution in [3.8, 4) is 0 Å². The number of benzene rings is 1. The van der Waals surface area contributed by atoms with Crippen LogP contribution in [0.15, 0.2) is 18.2 Å². The second-order valence-corrected chi connectivity index (χ2v) is 3.94. The van der Waals surface area contributed by atoms with E-state index in [0.29, 0.717) is 21.2 Å². The van der Waals surface area contributed by atoms with Gasteiger partial charge in [-0.15, -0.1) is 0 Å². The zero-order valence-corrected chi connectivity index (χ0v) is 8.63. The molecular formula is C10H8Cl2O2. The average molecular weight is 231 g/mol. The largest absolute Gasteiger partial charge is 0.386 e. The monoisotopic (exact) mass is 230 g/mol. The van der Waals surface area contributed by atoms with Crippen LogP contribution in [0.1, 0.15) is 17.2 Å². The molecule has 0 amide bonds. The van der Waals surface area contributed by atoms with E-state index in [1.54, 1.807) is 18.2 Å². The molecule has 0 aliphatic heterocycles. The maximum atomic E-state index is 9.64. The minimum absolute atomic E-state index is 0.409. The number of halogens is 2. The van der Waals surface area contributed by atoms with E-state index in [1.807, 2.05) is 0 Å². The molecule has 0 saturated carbocycles. The van der Waals surface area contributed by atoms with E-state index in [-0.39, 0.29) is 0 Å². The van der Waals surface area contributed by atoms with Crippen LogP contribution in [-0.4, -0.2) is 16.3 Å². The summed E-state index contributed by atoms with van der Waals surface area (Å²) in [5.41, 5.74) is 1.28. The molecule has 1 aliphatic rings. The van der Waals surface area contributed by atoms with Crippen molar-refractivity contribution < 1.29 is 10.2 Å². The summed E-state index contributed by atoms with van der Waals surface area (Å²) in [6, 6.07) is 3.28. The van der Waals surface area contributed by atoms with E-state index in [1.165, 1.54) is 6.08 Å². The molecule has 74 valence electrons. The first-order valence-electron chi connectivity index (χ1n) is 4.13. The minimum Gasteiger partial charge on any atom is -0.386 e. The zero-order valence-electron chi connectivity index (χ0n) is 7.11. The van der Waals surface area contributed by atoms with Crippen molar-refractivity contribution >= 4 is 29.3 Å². The Morgan fingerprint density at radius 2 is 1.86 bits per heavy atom. The standard InChI is InChI=1S/C10H8Cl2O2/c11-7-3-1-6-5(9(7)12)2-4-8(13)10(6)14/h1-4,8,10,13-14H/t8-,10-/m0/s1. The van der Waals surface area contributed by atoms with Crippen LogP contribution in [0.3, 0.4) is 0 Å². The first-order chi connectivity index (χ1) is 6.61. The van der Waals surface area contributed by atoms with Gasteiger partial charge in [0.15, 0.2) is 0 Å². The van der Waals surface area contributed by atoms with Crippen LogP contribution in [0.2, 0.25) is 10.0 Å². The molecule has 2 nitrogen and oxygen atoms in total. The van der Waals surface area contributed by atoms with Crippen LogP contribution < -0.4 is 0 Å². The summed E-state index contributed by atoms with van der Waals surface area (Å²) >= 11 is 11.8. The number of hydrogen-bond donors (Lipinski definition) is 2. The molecule has 0 fully saturated rings. The Kier molecular flexibility index (Phi) is 2.54. The summed E-state index contributed by atoms with van der Waals surface area (Å²) in [5.74, 6) is 0. The van der Waals surface area contributed by atoms with Crippen LogP contribution >= 0.6 is 23.2 Å². The van der Waals surface area contributed by atoms with Gasteiger partial charge in [0.05, 0.1) is 10.0 Å². The molecule has 14 heavy (non-hydrogen) atoms. The average Bonchev–Trinajstić information content (AvgIpc) is 2.17. The van der Waals surface area contributed by atoms with E-state index < -0.39 is 12.2 Å². The van der Waals surface area contributed by atoms with Crippen molar-refractivity contribution in [1.82, 2.24) is 0 Å². The first-order valence-corrected chi connectivity index (χ1v) is 4.89. The molecule has 1 aliphatic carbocycles. The Labute approximate surface area is 91.4 Å². The van der Waals surface area contributed by atoms with Crippen molar-refractivity contribution in [2.45, 2.75) is 12.2 Å². The second kappa shape index (κ2) is 3.55. The fraction of sp³-hybridized carbons (Fsp3) is 0.200. The molecule has 2 N–H and O–H groups in total. The van der Waals surface area contributed by atoms with Crippen LogP contribution in [0, 0.1) is 0 Å². The Bertz CT molecular complexity index is 401. The maximum absolute atomic E-state index is 9.64. The highest BCUT2D eigenvalue weighted by Crippen LogP contribution is 2.36. The van der Waals surface area contributed by atoms with E-state index in [2.05, 4.69) is 0 Å². The third kappa shape index (κ3) is 1.44. The van der Waals surface area contributed by atoms with Crippen molar-refractivity contribution in [2.24, 2.45) is 0 Å². The normalized spacial score (nSPS) is 24.9. The number of fused-ring (bicyclic) bond motifs is 1. The van der Waals surface area contributed by atoms with Gasteiger partial charge in [0.25, 0.3) is 0 Å². The lowest BCUT2D eigenvalue weighted by molar-refractivity contribution is 0.0470. The lowest BCUT2D eigenvalue weighted by atomic mass is 9.93. The van der Waals surface area contributed by atoms with Crippen molar-refractivity contribution in [2.75, 3.05) is 0 Å². The predicted molar refractivity (Wildman–Crippen MR) is 56.5 cm³/mol. The summed E-state index contributed by atoms with van der Waals surface area (Å²) in [5, 5.41) is 19.9. The topological polar surface area (TPSA) is 40.5 Å². The van der Waals surface area contributed by atoms with Gasteiger partial charge in [-0.3, -0.25) is 0 Å². The minimum atomic E-state index is -0.926. The summed E-state index contributed by atoms with van der Waals surface area (Å²) in [6.07, 6.45) is 1.36. The lowest BCUT2D eigenvalue weighted by Crippen LogP contribution is -2.19. The number of hydrogen-bond acceptors (Lipinski definition) is 2. The molecule has 0 saturated heterocycles. The molecule has 0 aromatic heterocycles. The Balaban J connectivity index is 2.62. The van der Waals surface area contributed by atoms with Crippen molar-refractivity contribution in [3.63, 3.8) is 0 Å². The van der Waals surface area contributed by atoms with Gasteiger partial charge < -0.3 is 10.2 Å². The van der Waals surface area contributed by atoms with Crippen LogP contribution in [0.25, 0.3) is 6.08 Å². The molecule has 0 bridgehead atoms. The van der Waals surface area contributed by atoms with Crippen molar-refractivity contribution in [3.05, 3.63) is 39.4 Å². The number of aliphatic hydroxyl groups excluding tert-OH is 2. The third-order valence-electron chi connectivity index (χ3n) is 2.27. The van der Waals surface area contributed by atoms with Crippen LogP contribution in [0.5, 0.6) is 0 Å². The molecule has 4 heteroatoms. The highest BCUT2D eigenvalue weighted by atomic mass is 35.5. The van der Waals surface area contributed by atoms with Gasteiger partial charge in [-0.05, 0) is 11.6 Å². The molecule has 0 spiro atoms. The SMILES string of the molecule is O[C@H]1C=Cc2c(ccc(Cl)c2Cl)[C@@H]1O. The second-order valence-electron chi connectivity index (χ2n) is 3.16. The molecule has 2 rings (SSSR count). The van der Waals surface area contributed by atoms with E-state index >= 15 is 0 Å². The summed E-state index contributed by atoms with van der Waals surface area (Å²) in [7, 11) is 0. The van der Waals surface area contributed by atoms with Crippen molar-refractivity contribution in [1.29, 1.82) is 0 Å². The van der Waals surface area contributed by atoms with Gasteiger partial charge in [0.2, 0.25) is 0 Å². The third-order valence-corrected chi connectivity index (χ3v) is 3.09. The Morgan fingerprint density at radius 3 is 2.57 bits per heavy atom. The number of aliphatic hydroxyl groups is 2. The summed E-state index contributed by atoms with van der Waals surface area (Å²) in [4.78, 5) is 0. The fourth-order valence-corrected chi connectivity index (χ4v) is 1.89. The van der Waals surface area contributed by atoms with E-state index in [9.17, 15) is 10.2 Å². The zero-order chi connectivity index (χ0) is 10.3. The van der Waals surface area contributed by atoms with Gasteiger partial charge in [-0.2, -0.15) is 0 Å². The highest BCUT2D eigenvalue weighted by molar-refractivity contribution is 6.43. The van der Waals surface area contributed by atoms with E-state index in [0.717, 1.165) is 0 Å². The van der Waals surface area contributed by atoms with Crippen LogP contribution in [-0.2, 0) is 0 Å². The lowest BCUT2D eigenvalue weighted by Gasteiger charge is -2.22. The first kappa shape index (κ1) is 9.99. The Morgan fingerprint density at radius 1 is 1.14 bits per heavy atom. The van der Waals surface area contributed by atoms with Crippen LogP contribution in [0.4, 0.5) is 0 Å². The molecule has 0 heterocycles. The Hall–Kier alpha value is -0.540. The van der Waals surface area contributed by atoms with E-state index in [4.69, 9.17) is 23.2 Å². The highest BCUT2D eigenvalue weighted by Gasteiger charge is 2.24. The predicted octanol–water partition coefficient (Wildman–Crippen LogP) is 2.41. The van der Waals surface area contributed by atoms with Gasteiger partial charge in [-0.25, -0.2) is 0 Å². The molecule has 0 unspecified atom stereocenters. The molecular weight excluding hydrogens is 223 g/mol. The molecule has 2 atom stereocenters.